The van der Waals surface area contributed by atoms with E-state index in [2.05, 4.69) is 20.9 Å². The van der Waals surface area contributed by atoms with Crippen LogP contribution < -0.4 is 25.4 Å². The summed E-state index contributed by atoms with van der Waals surface area (Å²) in [5, 5.41) is 9.01. The van der Waals surface area contributed by atoms with Crippen molar-refractivity contribution in [1.82, 2.24) is 15.6 Å². The number of aromatic nitrogens is 1. The number of carbonyl (C=O) groups is 2. The summed E-state index contributed by atoms with van der Waals surface area (Å²) < 4.78 is 12.2. The number of carbonyl (C=O) groups excluding carboxylic acids is 2. The molecule has 3 heterocycles. The van der Waals surface area contributed by atoms with Crippen LogP contribution in [-0.4, -0.2) is 35.1 Å². The fourth-order valence-electron chi connectivity index (χ4n) is 5.18. The molecule has 0 spiro atoms. The van der Waals surface area contributed by atoms with Gasteiger partial charge in [-0.15, -0.1) is 0 Å². The van der Waals surface area contributed by atoms with Crippen molar-refractivity contribution in [2.75, 3.05) is 5.32 Å². The summed E-state index contributed by atoms with van der Waals surface area (Å²) in [6, 6.07) is 7.80. The van der Waals surface area contributed by atoms with Crippen LogP contribution in [0.25, 0.3) is 0 Å². The van der Waals surface area contributed by atoms with Gasteiger partial charge in [-0.05, 0) is 43.5 Å². The van der Waals surface area contributed by atoms with Crippen LogP contribution >= 0.6 is 0 Å². The van der Waals surface area contributed by atoms with Gasteiger partial charge < -0.3 is 25.4 Å². The fourth-order valence-corrected chi connectivity index (χ4v) is 5.18. The zero-order chi connectivity index (χ0) is 21.7. The molecule has 3 amide bonds. The molecule has 0 unspecified atom stereocenters. The Balaban J connectivity index is 1.13. The molecule has 8 nitrogen and oxygen atoms in total. The molecule has 2 aliphatic carbocycles. The van der Waals surface area contributed by atoms with Crippen LogP contribution in [-0.2, 0) is 11.2 Å². The van der Waals surface area contributed by atoms with Gasteiger partial charge >= 0.3 is 6.03 Å². The van der Waals surface area contributed by atoms with Crippen molar-refractivity contribution in [2.24, 2.45) is 0 Å². The largest absolute Gasteiger partial charge is 0.487 e. The molecule has 1 aromatic carbocycles. The highest BCUT2D eigenvalue weighted by molar-refractivity contribution is 5.93. The standard InChI is InChI=1S/C24H26N4O4/c29-19-9-7-15-18(10-11-25-23(15)27-19)31-14-6-8-17-16(12-14)20-21(22(20)32-17)28-24(30)26-13-4-2-1-3-5-13/h6,8,10-13,20-22H,1-5,7,9H2,(H,25,27,29)(H2,26,28,30)/t20-,21+,22-/m0/s1. The van der Waals surface area contributed by atoms with Gasteiger partial charge in [0.15, 0.2) is 0 Å². The molecule has 8 heteroatoms. The molecule has 0 bridgehead atoms. The molecule has 2 aliphatic heterocycles. The number of ether oxygens (including phenoxy) is 2. The first-order chi connectivity index (χ1) is 15.7. The Kier molecular flexibility index (Phi) is 4.66. The van der Waals surface area contributed by atoms with Gasteiger partial charge in [0.25, 0.3) is 0 Å². The number of hydrogen-bond acceptors (Lipinski definition) is 5. The number of pyridine rings is 1. The van der Waals surface area contributed by atoms with Crippen molar-refractivity contribution in [3.63, 3.8) is 0 Å². The second kappa shape index (κ2) is 7.69. The van der Waals surface area contributed by atoms with Gasteiger partial charge in [0, 0.05) is 29.8 Å². The lowest BCUT2D eigenvalue weighted by molar-refractivity contribution is -0.116. The second-order valence-corrected chi connectivity index (χ2v) is 9.07. The average molecular weight is 434 g/mol. The van der Waals surface area contributed by atoms with Crippen molar-refractivity contribution in [3.8, 4) is 17.2 Å². The summed E-state index contributed by atoms with van der Waals surface area (Å²) in [6.45, 7) is 0. The highest BCUT2D eigenvalue weighted by atomic mass is 16.5. The zero-order valence-electron chi connectivity index (χ0n) is 17.7. The van der Waals surface area contributed by atoms with Crippen LogP contribution in [0.15, 0.2) is 30.5 Å². The number of amides is 3. The van der Waals surface area contributed by atoms with Crippen LogP contribution in [0.4, 0.5) is 10.6 Å². The Labute approximate surface area is 186 Å². The molecule has 2 aromatic rings. The molecule has 2 saturated carbocycles. The van der Waals surface area contributed by atoms with Crippen molar-refractivity contribution in [1.29, 1.82) is 0 Å². The van der Waals surface area contributed by atoms with E-state index in [1.54, 1.807) is 6.20 Å². The first-order valence-corrected chi connectivity index (χ1v) is 11.5. The number of fused-ring (bicyclic) bond motifs is 4. The smallest absolute Gasteiger partial charge is 0.315 e. The highest BCUT2D eigenvalue weighted by Gasteiger charge is 2.59. The third kappa shape index (κ3) is 3.53. The van der Waals surface area contributed by atoms with Crippen LogP contribution in [0.5, 0.6) is 17.2 Å². The minimum Gasteiger partial charge on any atom is -0.487 e. The van der Waals surface area contributed by atoms with Crippen LogP contribution in [0.2, 0.25) is 0 Å². The van der Waals surface area contributed by atoms with Gasteiger partial charge in [0.2, 0.25) is 5.91 Å². The van der Waals surface area contributed by atoms with Gasteiger partial charge in [0.05, 0.1) is 12.0 Å². The van der Waals surface area contributed by atoms with Gasteiger partial charge in [-0.25, -0.2) is 9.78 Å². The average Bonchev–Trinajstić information content (AvgIpc) is 3.30. The number of benzene rings is 1. The topological polar surface area (TPSA) is 102 Å². The fraction of sp³-hybridized carbons (Fsp3) is 0.458. The van der Waals surface area contributed by atoms with E-state index < -0.39 is 0 Å². The van der Waals surface area contributed by atoms with Gasteiger partial charge in [0.1, 0.15) is 29.2 Å². The predicted octanol–water partition coefficient (Wildman–Crippen LogP) is 3.62. The van der Waals surface area contributed by atoms with Crippen LogP contribution in [0, 0.1) is 0 Å². The molecule has 4 aliphatic rings. The Bertz CT molecular complexity index is 1080. The third-order valence-corrected chi connectivity index (χ3v) is 6.90. The van der Waals surface area contributed by atoms with E-state index in [1.807, 2.05) is 24.3 Å². The van der Waals surface area contributed by atoms with E-state index in [0.717, 1.165) is 29.7 Å². The molecule has 6 rings (SSSR count). The van der Waals surface area contributed by atoms with E-state index in [1.165, 1.54) is 19.3 Å². The van der Waals surface area contributed by atoms with Crippen molar-refractivity contribution in [2.45, 2.75) is 69.1 Å². The van der Waals surface area contributed by atoms with Crippen molar-refractivity contribution < 1.29 is 19.1 Å². The Morgan fingerprint density at radius 3 is 2.88 bits per heavy atom. The van der Waals surface area contributed by atoms with E-state index in [-0.39, 0.29) is 36.0 Å². The molecule has 166 valence electrons. The molecule has 32 heavy (non-hydrogen) atoms. The molecule has 1 aromatic heterocycles. The second-order valence-electron chi connectivity index (χ2n) is 9.07. The number of nitrogens with one attached hydrogen (secondary N) is 3. The van der Waals surface area contributed by atoms with Gasteiger partial charge in [-0.3, -0.25) is 4.79 Å². The highest BCUT2D eigenvalue weighted by Crippen LogP contribution is 2.54. The predicted molar refractivity (Wildman–Crippen MR) is 117 cm³/mol. The Morgan fingerprint density at radius 1 is 1.12 bits per heavy atom. The van der Waals surface area contributed by atoms with Gasteiger partial charge in [-0.2, -0.15) is 0 Å². The zero-order valence-corrected chi connectivity index (χ0v) is 17.7. The molecule has 0 radical (unpaired) electrons. The van der Waals surface area contributed by atoms with E-state index in [4.69, 9.17) is 9.47 Å². The summed E-state index contributed by atoms with van der Waals surface area (Å²) in [6.07, 6.45) is 8.41. The van der Waals surface area contributed by atoms with Crippen LogP contribution in [0.3, 0.4) is 0 Å². The monoisotopic (exact) mass is 434 g/mol. The summed E-state index contributed by atoms with van der Waals surface area (Å²) >= 11 is 0. The lowest BCUT2D eigenvalue weighted by Gasteiger charge is -2.23. The lowest BCUT2D eigenvalue weighted by Crippen LogP contribution is -2.44. The van der Waals surface area contributed by atoms with E-state index >= 15 is 0 Å². The number of hydrogen-bond donors (Lipinski definition) is 3. The SMILES string of the molecule is O=C1CCc2c(Oc3ccc4c(c3)[C@H]3[C@@H](NC(=O)NC5CCCCC5)[C@H]3O4)ccnc2N1. The minimum atomic E-state index is -0.0979. The number of nitrogens with zero attached hydrogens (tertiary/aromatic N) is 1. The minimum absolute atomic E-state index is 0.00904. The molecular weight excluding hydrogens is 408 g/mol. The normalized spacial score (nSPS) is 25.5. The maximum atomic E-state index is 12.4. The summed E-state index contributed by atoms with van der Waals surface area (Å²) in [7, 11) is 0. The molecular formula is C24H26N4O4. The van der Waals surface area contributed by atoms with Gasteiger partial charge in [-0.1, -0.05) is 19.3 Å². The van der Waals surface area contributed by atoms with Crippen molar-refractivity contribution >= 4 is 17.8 Å². The summed E-state index contributed by atoms with van der Waals surface area (Å²) in [4.78, 5) is 28.3. The third-order valence-electron chi connectivity index (χ3n) is 6.90. The number of anilines is 1. The lowest BCUT2D eigenvalue weighted by atomic mass is 9.96. The molecule has 2 fully saturated rings. The van der Waals surface area contributed by atoms with E-state index in [9.17, 15) is 9.59 Å². The summed E-state index contributed by atoms with van der Waals surface area (Å²) in [5.74, 6) is 2.94. The number of urea groups is 1. The Hall–Kier alpha value is -3.29. The summed E-state index contributed by atoms with van der Waals surface area (Å²) in [5.41, 5.74) is 1.97. The molecule has 0 saturated heterocycles. The molecule has 3 atom stereocenters. The quantitative estimate of drug-likeness (QED) is 0.682. The maximum absolute atomic E-state index is 12.4. The Morgan fingerprint density at radius 2 is 2.00 bits per heavy atom. The van der Waals surface area contributed by atoms with Crippen molar-refractivity contribution in [3.05, 3.63) is 41.6 Å². The van der Waals surface area contributed by atoms with E-state index in [0.29, 0.717) is 30.2 Å². The van der Waals surface area contributed by atoms with Crippen LogP contribution in [0.1, 0.15) is 55.6 Å². The maximum Gasteiger partial charge on any atom is 0.315 e. The number of rotatable bonds is 4. The first kappa shape index (κ1) is 19.4. The first-order valence-electron chi connectivity index (χ1n) is 11.5. The molecule has 3 N–H and O–H groups in total.